The van der Waals surface area contributed by atoms with Crippen molar-refractivity contribution in [2.75, 3.05) is 46.5 Å². The molecule has 2 N–H and O–H groups in total. The van der Waals surface area contributed by atoms with E-state index < -0.39 is 10.0 Å². The van der Waals surface area contributed by atoms with E-state index in [1.807, 2.05) is 19.9 Å². The van der Waals surface area contributed by atoms with Crippen LogP contribution in [0.15, 0.2) is 23.1 Å². The lowest BCUT2D eigenvalue weighted by atomic mass is 10.0. The van der Waals surface area contributed by atoms with Crippen LogP contribution in [0.4, 0.5) is 0 Å². The number of ether oxygens (including phenoxy) is 2. The Morgan fingerprint density at radius 3 is 2.61 bits per heavy atom. The summed E-state index contributed by atoms with van der Waals surface area (Å²) in [5.41, 5.74) is 0.977. The van der Waals surface area contributed by atoms with E-state index in [0.717, 1.165) is 38.4 Å². The Kier molecular flexibility index (Phi) is 6.41. The van der Waals surface area contributed by atoms with E-state index >= 15 is 0 Å². The third kappa shape index (κ3) is 4.91. The van der Waals surface area contributed by atoms with Crippen LogP contribution in [0.3, 0.4) is 0 Å². The number of benzene rings is 1. The highest BCUT2D eigenvalue weighted by Crippen LogP contribution is 2.27. The monoisotopic (exact) mass is 343 g/mol. The van der Waals surface area contributed by atoms with Crippen LogP contribution in [-0.4, -0.2) is 54.9 Å². The van der Waals surface area contributed by atoms with Crippen LogP contribution < -0.4 is 14.4 Å². The summed E-state index contributed by atoms with van der Waals surface area (Å²) in [4.78, 5) is 1.57. The van der Waals surface area contributed by atoms with Gasteiger partial charge in [-0.3, -0.25) is 0 Å². The Hall–Kier alpha value is -1.15. The van der Waals surface area contributed by atoms with E-state index in [9.17, 15) is 8.42 Å². The zero-order valence-corrected chi connectivity index (χ0v) is 14.9. The molecule has 0 radical (unpaired) electrons. The summed E-state index contributed by atoms with van der Waals surface area (Å²) in [5, 5.41) is 0. The third-order valence-corrected chi connectivity index (χ3v) is 5.60. The molecule has 0 bridgehead atoms. The summed E-state index contributed by atoms with van der Waals surface area (Å²) in [6.07, 6.45) is 0. The standard InChI is InChI=1S/C16H26N2O4S/c1-13(2)14-4-5-15(21-3)16(12-14)23(19,20)17-6-7-18-8-10-22-11-9-18/h4-5,12-13,17H,6-11H2,1-3H3/p+1. The molecular formula is C16H27N2O4S+. The Morgan fingerprint density at radius 2 is 2.00 bits per heavy atom. The molecule has 1 aromatic rings. The van der Waals surface area contributed by atoms with E-state index in [2.05, 4.69) is 4.72 Å². The van der Waals surface area contributed by atoms with Crippen LogP contribution >= 0.6 is 0 Å². The van der Waals surface area contributed by atoms with E-state index in [0.29, 0.717) is 12.3 Å². The van der Waals surface area contributed by atoms with Gasteiger partial charge < -0.3 is 14.4 Å². The van der Waals surface area contributed by atoms with Crippen molar-refractivity contribution in [3.8, 4) is 5.75 Å². The van der Waals surface area contributed by atoms with Gasteiger partial charge in [0.15, 0.2) is 0 Å². The number of quaternary nitrogens is 1. The van der Waals surface area contributed by atoms with Crippen molar-refractivity contribution < 1.29 is 22.8 Å². The minimum atomic E-state index is -3.58. The summed E-state index contributed by atoms with van der Waals surface area (Å²) in [7, 11) is -2.09. The van der Waals surface area contributed by atoms with Gasteiger partial charge in [0.2, 0.25) is 10.0 Å². The highest BCUT2D eigenvalue weighted by molar-refractivity contribution is 7.89. The van der Waals surface area contributed by atoms with Crippen molar-refractivity contribution in [1.29, 1.82) is 0 Å². The highest BCUT2D eigenvalue weighted by Gasteiger charge is 2.21. The molecular weight excluding hydrogens is 316 g/mol. The maximum atomic E-state index is 12.6. The van der Waals surface area contributed by atoms with Gasteiger partial charge in [-0.25, -0.2) is 13.1 Å². The number of rotatable bonds is 7. The summed E-state index contributed by atoms with van der Waals surface area (Å²) in [6, 6.07) is 5.32. The second kappa shape index (κ2) is 8.10. The van der Waals surface area contributed by atoms with Gasteiger partial charge in [-0.2, -0.15) is 0 Å². The molecule has 1 aromatic carbocycles. The van der Waals surface area contributed by atoms with Gasteiger partial charge in [0.1, 0.15) is 23.7 Å². The molecule has 1 fully saturated rings. The molecule has 0 amide bonds. The van der Waals surface area contributed by atoms with E-state index in [-0.39, 0.29) is 10.8 Å². The Morgan fingerprint density at radius 1 is 1.30 bits per heavy atom. The lowest BCUT2D eigenvalue weighted by Crippen LogP contribution is -3.14. The first-order chi connectivity index (χ1) is 10.9. The number of hydrogen-bond acceptors (Lipinski definition) is 4. The van der Waals surface area contributed by atoms with Gasteiger partial charge in [0, 0.05) is 0 Å². The molecule has 0 unspecified atom stereocenters. The molecule has 0 spiro atoms. The first kappa shape index (κ1) is 18.2. The molecule has 0 aromatic heterocycles. The van der Waals surface area contributed by atoms with Gasteiger partial charge in [-0.15, -0.1) is 0 Å². The van der Waals surface area contributed by atoms with Gasteiger partial charge in [0.05, 0.1) is 33.4 Å². The van der Waals surface area contributed by atoms with Crippen LogP contribution in [0.2, 0.25) is 0 Å². The predicted octanol–water partition coefficient (Wildman–Crippen LogP) is 0.0120. The Labute approximate surface area is 138 Å². The number of nitrogens with one attached hydrogen (secondary N) is 2. The minimum Gasteiger partial charge on any atom is -0.495 e. The van der Waals surface area contributed by atoms with Crippen LogP contribution in [0, 0.1) is 0 Å². The molecule has 0 saturated carbocycles. The number of methoxy groups -OCH3 is 1. The third-order valence-electron chi connectivity index (χ3n) is 4.11. The first-order valence-corrected chi connectivity index (χ1v) is 9.51. The molecule has 1 aliphatic heterocycles. The van der Waals surface area contributed by atoms with Gasteiger partial charge in [-0.05, 0) is 23.6 Å². The van der Waals surface area contributed by atoms with Gasteiger partial charge >= 0.3 is 0 Å². The SMILES string of the molecule is COc1ccc(C(C)C)cc1S(=O)(=O)NCC[NH+]1CCOCC1. The summed E-state index contributed by atoms with van der Waals surface area (Å²) < 4.78 is 38.4. The fraction of sp³-hybridized carbons (Fsp3) is 0.625. The van der Waals surface area contributed by atoms with Crippen molar-refractivity contribution in [2.45, 2.75) is 24.7 Å². The molecule has 1 aliphatic rings. The fourth-order valence-electron chi connectivity index (χ4n) is 2.61. The molecule has 7 heteroatoms. The molecule has 1 saturated heterocycles. The van der Waals surface area contributed by atoms with Crippen molar-refractivity contribution in [3.05, 3.63) is 23.8 Å². The van der Waals surface area contributed by atoms with Crippen LogP contribution in [0.25, 0.3) is 0 Å². The molecule has 130 valence electrons. The fourth-order valence-corrected chi connectivity index (χ4v) is 3.85. The predicted molar refractivity (Wildman–Crippen MR) is 88.7 cm³/mol. The van der Waals surface area contributed by atoms with Crippen molar-refractivity contribution in [3.63, 3.8) is 0 Å². The lowest BCUT2D eigenvalue weighted by molar-refractivity contribution is -0.906. The summed E-state index contributed by atoms with van der Waals surface area (Å²) in [6.45, 7) is 8.57. The lowest BCUT2D eigenvalue weighted by Gasteiger charge is -2.23. The van der Waals surface area contributed by atoms with Crippen molar-refractivity contribution in [2.24, 2.45) is 0 Å². The maximum Gasteiger partial charge on any atom is 0.244 e. The van der Waals surface area contributed by atoms with Gasteiger partial charge in [0.25, 0.3) is 0 Å². The van der Waals surface area contributed by atoms with Crippen LogP contribution in [-0.2, 0) is 14.8 Å². The number of hydrogen-bond donors (Lipinski definition) is 2. The van der Waals surface area contributed by atoms with Crippen LogP contribution in [0.5, 0.6) is 5.75 Å². The minimum absolute atomic E-state index is 0.211. The number of sulfonamides is 1. The summed E-state index contributed by atoms with van der Waals surface area (Å²) >= 11 is 0. The number of morpholine rings is 1. The largest absolute Gasteiger partial charge is 0.495 e. The van der Waals surface area contributed by atoms with Crippen LogP contribution in [0.1, 0.15) is 25.3 Å². The quantitative estimate of drug-likeness (QED) is 0.732. The topological polar surface area (TPSA) is 69.1 Å². The smallest absolute Gasteiger partial charge is 0.244 e. The van der Waals surface area contributed by atoms with E-state index in [1.165, 1.54) is 12.0 Å². The van der Waals surface area contributed by atoms with Crippen molar-refractivity contribution in [1.82, 2.24) is 4.72 Å². The van der Waals surface area contributed by atoms with E-state index in [4.69, 9.17) is 9.47 Å². The molecule has 6 nitrogen and oxygen atoms in total. The second-order valence-electron chi connectivity index (χ2n) is 6.08. The first-order valence-electron chi connectivity index (χ1n) is 8.03. The molecule has 0 atom stereocenters. The van der Waals surface area contributed by atoms with Gasteiger partial charge in [-0.1, -0.05) is 19.9 Å². The maximum absolute atomic E-state index is 12.6. The molecule has 0 aliphatic carbocycles. The average molecular weight is 343 g/mol. The highest BCUT2D eigenvalue weighted by atomic mass is 32.2. The zero-order valence-electron chi connectivity index (χ0n) is 14.1. The molecule has 1 heterocycles. The zero-order chi connectivity index (χ0) is 16.9. The molecule has 2 rings (SSSR count). The normalized spacial score (nSPS) is 16.7. The van der Waals surface area contributed by atoms with E-state index in [1.54, 1.807) is 12.1 Å². The average Bonchev–Trinajstić information content (AvgIpc) is 2.55. The second-order valence-corrected chi connectivity index (χ2v) is 7.81. The summed E-state index contributed by atoms with van der Waals surface area (Å²) in [5.74, 6) is 0.633. The Bertz CT molecular complexity index is 611. The molecule has 23 heavy (non-hydrogen) atoms. The van der Waals surface area contributed by atoms with Crippen molar-refractivity contribution >= 4 is 10.0 Å². The Balaban J connectivity index is 2.06.